The van der Waals surface area contributed by atoms with Gasteiger partial charge in [-0.15, -0.1) is 0 Å². The van der Waals surface area contributed by atoms with Gasteiger partial charge in [0.25, 0.3) is 5.91 Å². The summed E-state index contributed by atoms with van der Waals surface area (Å²) in [5.41, 5.74) is 1.66. The zero-order valence-corrected chi connectivity index (χ0v) is 15.7. The molecule has 3 heterocycles. The standard InChI is InChI=1S/C20H20N6O2/c1-24-15(19(27)25(2)20(24)28)11-16-22-18(13-8-9-13)23-26(16)14-7-3-5-12-6-4-10-21-17(12)14/h3-7,10,13,15H,8-9,11H2,1-2H3. The predicted molar refractivity (Wildman–Crippen MR) is 102 cm³/mol. The molecule has 2 aliphatic rings. The van der Waals surface area contributed by atoms with Gasteiger partial charge < -0.3 is 4.90 Å². The third kappa shape index (κ3) is 2.56. The number of likely N-dealkylation sites (N-methyl/N-ethyl adjacent to an activating group) is 2. The number of imide groups is 1. The van der Waals surface area contributed by atoms with Gasteiger partial charge in [-0.3, -0.25) is 14.7 Å². The number of carbonyl (C=O) groups is 2. The molecular weight excluding hydrogens is 356 g/mol. The molecule has 1 aliphatic carbocycles. The van der Waals surface area contributed by atoms with E-state index in [0.717, 1.165) is 40.2 Å². The summed E-state index contributed by atoms with van der Waals surface area (Å²) in [6.45, 7) is 0. The minimum absolute atomic E-state index is 0.217. The number of amides is 3. The smallest absolute Gasteiger partial charge is 0.315 e. The van der Waals surface area contributed by atoms with Crippen molar-refractivity contribution in [3.05, 3.63) is 48.2 Å². The molecule has 28 heavy (non-hydrogen) atoms. The quantitative estimate of drug-likeness (QED) is 0.651. The number of hydrogen-bond donors (Lipinski definition) is 0. The van der Waals surface area contributed by atoms with Gasteiger partial charge in [0.2, 0.25) is 0 Å². The molecule has 2 aromatic heterocycles. The number of hydrogen-bond acceptors (Lipinski definition) is 5. The third-order valence-electron chi connectivity index (χ3n) is 5.52. The molecule has 2 fully saturated rings. The largest absolute Gasteiger partial charge is 0.326 e. The number of para-hydroxylation sites is 1. The van der Waals surface area contributed by atoms with Crippen molar-refractivity contribution in [3.63, 3.8) is 0 Å². The van der Waals surface area contributed by atoms with Crippen LogP contribution in [-0.4, -0.2) is 61.6 Å². The van der Waals surface area contributed by atoms with Crippen molar-refractivity contribution in [2.24, 2.45) is 0 Å². The molecule has 5 rings (SSSR count). The molecule has 0 N–H and O–H groups in total. The number of urea groups is 1. The summed E-state index contributed by atoms with van der Waals surface area (Å²) in [6.07, 6.45) is 4.24. The van der Waals surface area contributed by atoms with Gasteiger partial charge in [-0.05, 0) is 25.0 Å². The maximum atomic E-state index is 12.5. The molecule has 0 radical (unpaired) electrons. The summed E-state index contributed by atoms with van der Waals surface area (Å²) in [7, 11) is 3.16. The van der Waals surface area contributed by atoms with E-state index in [1.54, 1.807) is 17.9 Å². The molecule has 1 saturated carbocycles. The van der Waals surface area contributed by atoms with E-state index in [1.165, 1.54) is 11.9 Å². The van der Waals surface area contributed by atoms with Crippen molar-refractivity contribution in [2.45, 2.75) is 31.2 Å². The Bertz CT molecular complexity index is 1100. The number of nitrogens with zero attached hydrogens (tertiary/aromatic N) is 6. The molecule has 8 nitrogen and oxygen atoms in total. The Morgan fingerprint density at radius 3 is 2.61 bits per heavy atom. The maximum absolute atomic E-state index is 12.5. The molecule has 8 heteroatoms. The SMILES string of the molecule is CN1C(=O)C(Cc2nc(C3CC3)nn2-c2cccc3cccnc23)N(C)C1=O. The van der Waals surface area contributed by atoms with E-state index in [9.17, 15) is 9.59 Å². The normalized spacial score (nSPS) is 19.9. The lowest BCUT2D eigenvalue weighted by molar-refractivity contribution is -0.127. The first-order chi connectivity index (χ1) is 13.5. The monoisotopic (exact) mass is 376 g/mol. The van der Waals surface area contributed by atoms with Crippen LogP contribution in [0.3, 0.4) is 0 Å². The Morgan fingerprint density at radius 2 is 1.89 bits per heavy atom. The van der Waals surface area contributed by atoms with Crippen LogP contribution in [-0.2, 0) is 11.2 Å². The molecule has 1 aliphatic heterocycles. The van der Waals surface area contributed by atoms with Crippen molar-refractivity contribution < 1.29 is 9.59 Å². The van der Waals surface area contributed by atoms with Gasteiger partial charge >= 0.3 is 6.03 Å². The second kappa shape index (κ2) is 6.12. The molecule has 0 bridgehead atoms. The second-order valence-corrected chi connectivity index (χ2v) is 7.44. The first kappa shape index (κ1) is 16.9. The summed E-state index contributed by atoms with van der Waals surface area (Å²) < 4.78 is 1.80. The van der Waals surface area contributed by atoms with Gasteiger partial charge in [0, 0.05) is 38.0 Å². The Labute approximate surface area is 161 Å². The van der Waals surface area contributed by atoms with Crippen LogP contribution in [0.2, 0.25) is 0 Å². The Morgan fingerprint density at radius 1 is 1.11 bits per heavy atom. The maximum Gasteiger partial charge on any atom is 0.326 e. The summed E-state index contributed by atoms with van der Waals surface area (Å²) in [4.78, 5) is 36.6. The molecule has 1 saturated heterocycles. The Hall–Kier alpha value is -3.29. The van der Waals surface area contributed by atoms with E-state index in [4.69, 9.17) is 10.1 Å². The van der Waals surface area contributed by atoms with Gasteiger partial charge in [0.1, 0.15) is 11.9 Å². The van der Waals surface area contributed by atoms with Crippen molar-refractivity contribution in [3.8, 4) is 5.69 Å². The van der Waals surface area contributed by atoms with E-state index >= 15 is 0 Å². The average Bonchev–Trinajstić information content (AvgIpc) is 3.46. The summed E-state index contributed by atoms with van der Waals surface area (Å²) >= 11 is 0. The van der Waals surface area contributed by atoms with Crippen LogP contribution in [0.4, 0.5) is 4.79 Å². The van der Waals surface area contributed by atoms with Crippen molar-refractivity contribution in [2.75, 3.05) is 14.1 Å². The van der Waals surface area contributed by atoms with Crippen molar-refractivity contribution in [1.82, 2.24) is 29.5 Å². The molecule has 1 atom stereocenters. The molecule has 1 aromatic carbocycles. The highest BCUT2D eigenvalue weighted by Gasteiger charge is 2.42. The number of pyridine rings is 1. The fraction of sp³-hybridized carbons (Fsp3) is 0.350. The third-order valence-corrected chi connectivity index (χ3v) is 5.52. The van der Waals surface area contributed by atoms with Crippen LogP contribution in [0.25, 0.3) is 16.6 Å². The van der Waals surface area contributed by atoms with E-state index in [0.29, 0.717) is 18.2 Å². The lowest BCUT2D eigenvalue weighted by Gasteiger charge is -2.16. The Balaban J connectivity index is 1.61. The van der Waals surface area contributed by atoms with E-state index in [2.05, 4.69) is 4.98 Å². The topological polar surface area (TPSA) is 84.2 Å². The minimum Gasteiger partial charge on any atom is -0.315 e. The van der Waals surface area contributed by atoms with Crippen LogP contribution in [0.15, 0.2) is 36.5 Å². The first-order valence-corrected chi connectivity index (χ1v) is 9.39. The van der Waals surface area contributed by atoms with Crippen LogP contribution in [0.5, 0.6) is 0 Å². The van der Waals surface area contributed by atoms with Gasteiger partial charge in [0.15, 0.2) is 5.82 Å². The number of fused-ring (bicyclic) bond motifs is 1. The van der Waals surface area contributed by atoms with E-state index in [-0.39, 0.29) is 11.9 Å². The minimum atomic E-state index is -0.574. The lowest BCUT2D eigenvalue weighted by atomic mass is 10.1. The zero-order valence-electron chi connectivity index (χ0n) is 15.7. The molecular formula is C20H20N6O2. The first-order valence-electron chi connectivity index (χ1n) is 9.39. The molecule has 3 aromatic rings. The van der Waals surface area contributed by atoms with Gasteiger partial charge in [-0.1, -0.05) is 18.2 Å². The summed E-state index contributed by atoms with van der Waals surface area (Å²) in [6, 6.07) is 8.97. The van der Waals surface area contributed by atoms with Crippen molar-refractivity contribution in [1.29, 1.82) is 0 Å². The van der Waals surface area contributed by atoms with Gasteiger partial charge in [-0.2, -0.15) is 5.10 Å². The number of benzene rings is 1. The van der Waals surface area contributed by atoms with E-state index < -0.39 is 6.04 Å². The number of rotatable bonds is 4. The van der Waals surface area contributed by atoms with Crippen LogP contribution >= 0.6 is 0 Å². The lowest BCUT2D eigenvalue weighted by Crippen LogP contribution is -2.34. The van der Waals surface area contributed by atoms with Gasteiger partial charge in [0.05, 0.1) is 11.2 Å². The fourth-order valence-corrected chi connectivity index (χ4v) is 3.71. The molecule has 3 amide bonds. The van der Waals surface area contributed by atoms with Crippen LogP contribution in [0, 0.1) is 0 Å². The van der Waals surface area contributed by atoms with Gasteiger partial charge in [-0.25, -0.2) is 14.5 Å². The average molecular weight is 376 g/mol. The Kier molecular flexibility index (Phi) is 3.68. The fourth-order valence-electron chi connectivity index (χ4n) is 3.71. The van der Waals surface area contributed by atoms with Crippen molar-refractivity contribution >= 4 is 22.8 Å². The highest BCUT2D eigenvalue weighted by molar-refractivity contribution is 6.03. The van der Waals surface area contributed by atoms with E-state index in [1.807, 2.05) is 30.3 Å². The highest BCUT2D eigenvalue weighted by Crippen LogP contribution is 2.38. The van der Waals surface area contributed by atoms with Crippen LogP contribution < -0.4 is 0 Å². The predicted octanol–water partition coefficient (Wildman–Crippen LogP) is 2.13. The number of carbonyl (C=O) groups excluding carboxylic acids is 2. The summed E-state index contributed by atoms with van der Waals surface area (Å²) in [5, 5.41) is 5.77. The molecule has 0 spiro atoms. The molecule has 142 valence electrons. The second-order valence-electron chi connectivity index (χ2n) is 7.44. The summed E-state index contributed by atoms with van der Waals surface area (Å²) in [5.74, 6) is 1.64. The zero-order chi connectivity index (χ0) is 19.4. The number of aromatic nitrogens is 4. The molecule has 1 unspecified atom stereocenters. The highest BCUT2D eigenvalue weighted by atomic mass is 16.2. The van der Waals surface area contributed by atoms with Crippen LogP contribution in [0.1, 0.15) is 30.4 Å².